The molecule has 0 radical (unpaired) electrons. The van der Waals surface area contributed by atoms with Gasteiger partial charge in [0.15, 0.2) is 0 Å². The number of nitrogens with zero attached hydrogens (tertiary/aromatic N) is 2. The fraction of sp³-hybridized carbons (Fsp3) is 0.500. The zero-order chi connectivity index (χ0) is 11.3. The molecule has 1 aromatic rings. The Labute approximate surface area is 83.7 Å². The van der Waals surface area contributed by atoms with Crippen LogP contribution in [-0.4, -0.2) is 28.8 Å². The van der Waals surface area contributed by atoms with Crippen LogP contribution in [0.3, 0.4) is 0 Å². The summed E-state index contributed by atoms with van der Waals surface area (Å²) in [5.74, 6) is 0. The fourth-order valence-corrected chi connectivity index (χ4v) is 0.976. The molecule has 1 aromatic heterocycles. The quantitative estimate of drug-likeness (QED) is 0.748. The summed E-state index contributed by atoms with van der Waals surface area (Å²) in [6, 6.07) is 1.25. The van der Waals surface area contributed by atoms with E-state index in [1.54, 1.807) is 0 Å². The number of nitrogens with one attached hydrogen (secondary N) is 1. The molecule has 0 aliphatic carbocycles. The lowest BCUT2D eigenvalue weighted by Gasteiger charge is -2.08. The normalized spacial score (nSPS) is 11.7. The van der Waals surface area contributed by atoms with E-state index in [-0.39, 0.29) is 18.6 Å². The van der Waals surface area contributed by atoms with Crippen molar-refractivity contribution in [3.63, 3.8) is 0 Å². The first-order valence-corrected chi connectivity index (χ1v) is 4.27. The Balaban J connectivity index is 2.33. The average Bonchev–Trinajstić information content (AvgIpc) is 2.13. The van der Waals surface area contributed by atoms with Crippen LogP contribution in [0.4, 0.5) is 13.2 Å². The lowest BCUT2D eigenvalue weighted by Crippen LogP contribution is -2.33. The van der Waals surface area contributed by atoms with Crippen LogP contribution in [0.1, 0.15) is 0 Å². The van der Waals surface area contributed by atoms with Crippen molar-refractivity contribution >= 4 is 0 Å². The van der Waals surface area contributed by atoms with Gasteiger partial charge in [-0.2, -0.15) is 13.2 Å². The highest BCUT2D eigenvalue weighted by molar-refractivity contribution is 4.81. The van der Waals surface area contributed by atoms with Gasteiger partial charge < -0.3 is 5.32 Å². The first-order chi connectivity index (χ1) is 6.99. The van der Waals surface area contributed by atoms with Gasteiger partial charge in [-0.05, 0) is 0 Å². The van der Waals surface area contributed by atoms with E-state index in [9.17, 15) is 18.0 Å². The number of aromatic nitrogens is 2. The van der Waals surface area contributed by atoms with Crippen molar-refractivity contribution < 1.29 is 13.2 Å². The van der Waals surface area contributed by atoms with E-state index < -0.39 is 12.7 Å². The minimum Gasteiger partial charge on any atom is -0.307 e. The molecule has 15 heavy (non-hydrogen) atoms. The molecule has 84 valence electrons. The summed E-state index contributed by atoms with van der Waals surface area (Å²) in [6.07, 6.45) is -1.60. The fourth-order valence-electron chi connectivity index (χ4n) is 0.976. The van der Waals surface area contributed by atoms with E-state index in [0.29, 0.717) is 0 Å². The van der Waals surface area contributed by atoms with Crippen LogP contribution in [-0.2, 0) is 6.54 Å². The molecule has 0 atom stereocenters. The minimum absolute atomic E-state index is 0.0745. The van der Waals surface area contributed by atoms with Gasteiger partial charge in [0.05, 0.1) is 12.9 Å². The van der Waals surface area contributed by atoms with Crippen molar-refractivity contribution in [2.75, 3.05) is 13.1 Å². The van der Waals surface area contributed by atoms with E-state index in [1.807, 2.05) is 0 Å². The van der Waals surface area contributed by atoms with Crippen LogP contribution in [0.5, 0.6) is 0 Å². The monoisotopic (exact) mass is 221 g/mol. The van der Waals surface area contributed by atoms with Gasteiger partial charge in [-0.3, -0.25) is 9.36 Å². The molecule has 1 heterocycles. The van der Waals surface area contributed by atoms with Crippen molar-refractivity contribution in [1.82, 2.24) is 14.9 Å². The van der Waals surface area contributed by atoms with E-state index in [2.05, 4.69) is 10.3 Å². The van der Waals surface area contributed by atoms with Crippen molar-refractivity contribution in [3.05, 3.63) is 28.9 Å². The van der Waals surface area contributed by atoms with Gasteiger partial charge in [0.1, 0.15) is 0 Å². The highest BCUT2D eigenvalue weighted by atomic mass is 19.4. The number of alkyl halides is 3. The third-order valence-corrected chi connectivity index (χ3v) is 1.65. The number of rotatable bonds is 4. The molecule has 0 amide bonds. The predicted molar refractivity (Wildman–Crippen MR) is 47.4 cm³/mol. The predicted octanol–water partition coefficient (Wildman–Crippen LogP) is 0.395. The lowest BCUT2D eigenvalue weighted by atomic mass is 10.5. The second-order valence-electron chi connectivity index (χ2n) is 2.90. The molecule has 1 rings (SSSR count). The van der Waals surface area contributed by atoms with E-state index in [1.165, 1.54) is 23.2 Å². The molecule has 0 aliphatic heterocycles. The van der Waals surface area contributed by atoms with Crippen LogP contribution in [0, 0.1) is 0 Å². The van der Waals surface area contributed by atoms with Crippen molar-refractivity contribution in [2.45, 2.75) is 12.7 Å². The van der Waals surface area contributed by atoms with Gasteiger partial charge in [0, 0.05) is 25.4 Å². The number of hydrogen-bond acceptors (Lipinski definition) is 3. The highest BCUT2D eigenvalue weighted by Crippen LogP contribution is 2.11. The molecule has 0 bridgehead atoms. The first-order valence-electron chi connectivity index (χ1n) is 4.27. The summed E-state index contributed by atoms with van der Waals surface area (Å²) >= 11 is 0. The van der Waals surface area contributed by atoms with Crippen molar-refractivity contribution in [3.8, 4) is 0 Å². The largest absolute Gasteiger partial charge is 0.401 e. The smallest absolute Gasteiger partial charge is 0.307 e. The van der Waals surface area contributed by atoms with Gasteiger partial charge in [-0.1, -0.05) is 0 Å². The van der Waals surface area contributed by atoms with Crippen LogP contribution in [0.2, 0.25) is 0 Å². The molecule has 0 spiro atoms. The first kappa shape index (κ1) is 11.7. The molecule has 0 saturated carbocycles. The van der Waals surface area contributed by atoms with Gasteiger partial charge in [0.25, 0.3) is 5.56 Å². The van der Waals surface area contributed by atoms with E-state index in [0.717, 1.165) is 0 Å². The summed E-state index contributed by atoms with van der Waals surface area (Å²) in [5.41, 5.74) is -0.279. The Morgan fingerprint density at radius 1 is 1.47 bits per heavy atom. The molecule has 0 unspecified atom stereocenters. The van der Waals surface area contributed by atoms with Gasteiger partial charge >= 0.3 is 6.18 Å². The summed E-state index contributed by atoms with van der Waals surface area (Å²) in [7, 11) is 0. The summed E-state index contributed by atoms with van der Waals surface area (Å²) in [6.45, 7) is -0.810. The minimum atomic E-state index is -4.22. The maximum Gasteiger partial charge on any atom is 0.401 e. The Hall–Kier alpha value is -1.37. The standard InChI is InChI=1S/C8H10F3N3O/c9-8(10,11)5-12-3-4-14-6-13-2-1-7(14)15/h1-2,6,12H,3-5H2. The van der Waals surface area contributed by atoms with Crippen molar-refractivity contribution in [2.24, 2.45) is 0 Å². The maximum atomic E-state index is 11.7. The Bertz CT molecular complexity index is 361. The molecule has 7 heteroatoms. The number of hydrogen-bond donors (Lipinski definition) is 1. The van der Waals surface area contributed by atoms with Crippen LogP contribution in [0.25, 0.3) is 0 Å². The van der Waals surface area contributed by atoms with E-state index in [4.69, 9.17) is 0 Å². The third kappa shape index (κ3) is 4.59. The summed E-state index contributed by atoms with van der Waals surface area (Å²) < 4.78 is 36.4. The Morgan fingerprint density at radius 3 is 2.80 bits per heavy atom. The Morgan fingerprint density at radius 2 is 2.20 bits per heavy atom. The maximum absolute atomic E-state index is 11.7. The molecular formula is C8H10F3N3O. The summed E-state index contributed by atoms with van der Waals surface area (Å²) in [5, 5.41) is 2.19. The van der Waals surface area contributed by atoms with Crippen molar-refractivity contribution in [1.29, 1.82) is 0 Å². The zero-order valence-electron chi connectivity index (χ0n) is 7.79. The Kier molecular flexibility index (Phi) is 3.84. The van der Waals surface area contributed by atoms with Gasteiger partial charge in [0.2, 0.25) is 0 Å². The molecular weight excluding hydrogens is 211 g/mol. The molecule has 0 fully saturated rings. The summed E-state index contributed by atoms with van der Waals surface area (Å²) in [4.78, 5) is 14.8. The third-order valence-electron chi connectivity index (χ3n) is 1.65. The molecule has 0 saturated heterocycles. The van der Waals surface area contributed by atoms with Crippen LogP contribution >= 0.6 is 0 Å². The zero-order valence-corrected chi connectivity index (χ0v) is 7.79. The molecule has 1 N–H and O–H groups in total. The van der Waals surface area contributed by atoms with Gasteiger partial charge in [-0.25, -0.2) is 4.98 Å². The lowest BCUT2D eigenvalue weighted by molar-refractivity contribution is -0.124. The van der Waals surface area contributed by atoms with Gasteiger partial charge in [-0.15, -0.1) is 0 Å². The van der Waals surface area contributed by atoms with E-state index >= 15 is 0 Å². The van der Waals surface area contributed by atoms with Crippen LogP contribution < -0.4 is 10.9 Å². The van der Waals surface area contributed by atoms with Crippen LogP contribution in [0.15, 0.2) is 23.4 Å². The number of halogens is 3. The molecule has 0 aromatic carbocycles. The second-order valence-corrected chi connectivity index (χ2v) is 2.90. The topological polar surface area (TPSA) is 46.9 Å². The molecule has 4 nitrogen and oxygen atoms in total. The highest BCUT2D eigenvalue weighted by Gasteiger charge is 2.25. The second kappa shape index (κ2) is 4.92. The molecule has 0 aliphatic rings. The SMILES string of the molecule is O=c1ccncn1CCNCC(F)(F)F. The average molecular weight is 221 g/mol.